The van der Waals surface area contributed by atoms with Gasteiger partial charge in [-0.15, -0.1) is 0 Å². The van der Waals surface area contributed by atoms with Gasteiger partial charge in [-0.3, -0.25) is 19.1 Å². The lowest BCUT2D eigenvalue weighted by molar-refractivity contribution is 0.0945. The third-order valence-corrected chi connectivity index (χ3v) is 2.91. The Morgan fingerprint density at radius 1 is 1.20 bits per heavy atom. The van der Waals surface area contributed by atoms with Crippen LogP contribution >= 0.6 is 0 Å². The number of hydrogen-bond donors (Lipinski definition) is 1. The summed E-state index contributed by atoms with van der Waals surface area (Å²) in [6.07, 6.45) is 1.28. The maximum absolute atomic E-state index is 12.1. The van der Waals surface area contributed by atoms with E-state index in [0.29, 0.717) is 5.58 Å². The van der Waals surface area contributed by atoms with Crippen molar-refractivity contribution in [3.05, 3.63) is 69.2 Å². The zero-order chi connectivity index (χ0) is 14.1. The van der Waals surface area contributed by atoms with Gasteiger partial charge in [-0.05, 0) is 12.1 Å². The molecule has 0 saturated heterocycles. The Morgan fingerprint density at radius 2 is 2.00 bits per heavy atom. The van der Waals surface area contributed by atoms with E-state index in [1.165, 1.54) is 12.3 Å². The van der Waals surface area contributed by atoms with Gasteiger partial charge in [0.2, 0.25) is 5.78 Å². The third kappa shape index (κ3) is 2.18. The number of carbonyl (C=O) groups excluding carboxylic acids is 1. The van der Waals surface area contributed by atoms with Crippen LogP contribution in [0, 0.1) is 0 Å². The fourth-order valence-corrected chi connectivity index (χ4v) is 1.92. The van der Waals surface area contributed by atoms with Gasteiger partial charge in [0.25, 0.3) is 5.56 Å². The molecule has 0 saturated carbocycles. The zero-order valence-corrected chi connectivity index (χ0v) is 10.3. The Labute approximate surface area is 112 Å². The molecule has 20 heavy (non-hydrogen) atoms. The molecule has 0 aliphatic carbocycles. The molecule has 3 aromatic rings. The monoisotopic (exact) mass is 270 g/mol. The van der Waals surface area contributed by atoms with E-state index >= 15 is 0 Å². The highest BCUT2D eigenvalue weighted by Gasteiger charge is 2.13. The molecule has 6 nitrogen and oxygen atoms in total. The van der Waals surface area contributed by atoms with Crippen LogP contribution in [0.1, 0.15) is 10.6 Å². The number of aromatic amines is 1. The molecule has 6 heteroatoms. The Kier molecular flexibility index (Phi) is 2.83. The van der Waals surface area contributed by atoms with Gasteiger partial charge < -0.3 is 4.42 Å². The number of nitrogens with one attached hydrogen (secondary N) is 1. The fourth-order valence-electron chi connectivity index (χ4n) is 1.92. The summed E-state index contributed by atoms with van der Waals surface area (Å²) in [6.45, 7) is -0.185. The smallest absolute Gasteiger partial charge is 0.328 e. The normalized spacial score (nSPS) is 10.8. The molecule has 0 aliphatic rings. The number of hydrogen-bond acceptors (Lipinski definition) is 4. The number of benzene rings is 1. The minimum absolute atomic E-state index is 0.185. The molecule has 1 N–H and O–H groups in total. The van der Waals surface area contributed by atoms with Gasteiger partial charge in [0.15, 0.2) is 5.76 Å². The lowest BCUT2D eigenvalue weighted by Crippen LogP contribution is -2.30. The maximum Gasteiger partial charge on any atom is 0.328 e. The first-order valence-corrected chi connectivity index (χ1v) is 5.95. The summed E-state index contributed by atoms with van der Waals surface area (Å²) in [5.41, 5.74) is -0.505. The fraction of sp³-hybridized carbons (Fsp3) is 0.0714. The second kappa shape index (κ2) is 4.65. The largest absolute Gasteiger partial charge is 0.453 e. The first-order chi connectivity index (χ1) is 9.63. The average molecular weight is 270 g/mol. The van der Waals surface area contributed by atoms with Crippen molar-refractivity contribution in [2.75, 3.05) is 0 Å². The lowest BCUT2D eigenvalue weighted by atomic mass is 10.2. The second-order valence-electron chi connectivity index (χ2n) is 4.31. The summed E-state index contributed by atoms with van der Waals surface area (Å²) in [5.74, 6) is -0.153. The van der Waals surface area contributed by atoms with E-state index in [9.17, 15) is 14.4 Å². The van der Waals surface area contributed by atoms with Gasteiger partial charge in [-0.2, -0.15) is 0 Å². The Hall–Kier alpha value is -2.89. The van der Waals surface area contributed by atoms with E-state index in [1.807, 2.05) is 18.2 Å². The first kappa shape index (κ1) is 12.2. The van der Waals surface area contributed by atoms with Gasteiger partial charge in [-0.25, -0.2) is 4.79 Å². The van der Waals surface area contributed by atoms with E-state index in [2.05, 4.69) is 4.98 Å². The molecule has 0 unspecified atom stereocenters. The van der Waals surface area contributed by atoms with E-state index in [-0.39, 0.29) is 18.1 Å². The van der Waals surface area contributed by atoms with Crippen molar-refractivity contribution in [3.63, 3.8) is 0 Å². The summed E-state index contributed by atoms with van der Waals surface area (Å²) in [4.78, 5) is 36.6. The number of Topliss-reactive ketones (excluding diaryl/α,β-unsaturated/α-hetero) is 1. The molecule has 0 bridgehead atoms. The second-order valence-corrected chi connectivity index (χ2v) is 4.31. The van der Waals surface area contributed by atoms with Gasteiger partial charge in [-0.1, -0.05) is 18.2 Å². The van der Waals surface area contributed by atoms with Crippen molar-refractivity contribution in [1.29, 1.82) is 0 Å². The zero-order valence-electron chi connectivity index (χ0n) is 10.3. The van der Waals surface area contributed by atoms with Crippen LogP contribution in [0.15, 0.2) is 56.6 Å². The van der Waals surface area contributed by atoms with E-state index in [4.69, 9.17) is 4.42 Å². The Bertz CT molecular complexity index is 868. The highest BCUT2D eigenvalue weighted by molar-refractivity contribution is 5.97. The van der Waals surface area contributed by atoms with Crippen LogP contribution in [-0.4, -0.2) is 15.3 Å². The predicted molar refractivity (Wildman–Crippen MR) is 71.9 cm³/mol. The number of para-hydroxylation sites is 1. The third-order valence-electron chi connectivity index (χ3n) is 2.91. The number of ketones is 1. The van der Waals surface area contributed by atoms with Crippen molar-refractivity contribution < 1.29 is 9.21 Å². The van der Waals surface area contributed by atoms with Crippen molar-refractivity contribution in [2.24, 2.45) is 0 Å². The highest BCUT2D eigenvalue weighted by atomic mass is 16.3. The number of rotatable bonds is 3. The van der Waals surface area contributed by atoms with Crippen LogP contribution < -0.4 is 11.2 Å². The maximum atomic E-state index is 12.1. The van der Waals surface area contributed by atoms with Crippen LogP contribution in [-0.2, 0) is 6.54 Å². The summed E-state index contributed by atoms with van der Waals surface area (Å²) in [5, 5.41) is 0.824. The Morgan fingerprint density at radius 3 is 2.75 bits per heavy atom. The Balaban J connectivity index is 1.92. The van der Waals surface area contributed by atoms with Crippen LogP contribution in [0.2, 0.25) is 0 Å². The number of carbonyl (C=O) groups is 1. The summed E-state index contributed by atoms with van der Waals surface area (Å²) in [6, 6.07) is 10.1. The quantitative estimate of drug-likeness (QED) is 0.724. The van der Waals surface area contributed by atoms with Crippen molar-refractivity contribution >= 4 is 16.8 Å². The molecular weight excluding hydrogens is 260 g/mol. The van der Waals surface area contributed by atoms with Crippen molar-refractivity contribution in [1.82, 2.24) is 9.55 Å². The lowest BCUT2D eigenvalue weighted by Gasteiger charge is -2.01. The molecule has 1 aromatic carbocycles. The molecule has 2 heterocycles. The van der Waals surface area contributed by atoms with E-state index < -0.39 is 11.2 Å². The first-order valence-electron chi connectivity index (χ1n) is 5.95. The van der Waals surface area contributed by atoms with Crippen molar-refractivity contribution in [2.45, 2.75) is 6.54 Å². The summed E-state index contributed by atoms with van der Waals surface area (Å²) in [7, 11) is 0. The molecule has 0 radical (unpaired) electrons. The molecule has 0 amide bonds. The number of aromatic nitrogens is 2. The molecule has 3 rings (SSSR count). The molecule has 0 spiro atoms. The van der Waals surface area contributed by atoms with Gasteiger partial charge >= 0.3 is 5.69 Å². The molecule has 2 aromatic heterocycles. The standard InChI is InChI=1S/C14H10N2O4/c17-10(8-16-6-5-13(18)15-14(16)19)12-7-9-3-1-2-4-11(9)20-12/h1-7H,8H2,(H,15,18,19). The van der Waals surface area contributed by atoms with Crippen molar-refractivity contribution in [3.8, 4) is 0 Å². The topological polar surface area (TPSA) is 85.1 Å². The SMILES string of the molecule is O=C(Cn1ccc(=O)[nH]c1=O)c1cc2ccccc2o1. The molecule has 100 valence electrons. The molecule has 0 atom stereocenters. The predicted octanol–water partition coefficient (Wildman–Crippen LogP) is 1.17. The van der Waals surface area contributed by atoms with Gasteiger partial charge in [0.05, 0.1) is 6.54 Å². The number of nitrogens with zero attached hydrogens (tertiary/aromatic N) is 1. The number of H-pyrrole nitrogens is 1. The average Bonchev–Trinajstić information content (AvgIpc) is 2.86. The molecule has 0 fully saturated rings. The van der Waals surface area contributed by atoms with Gasteiger partial charge in [0, 0.05) is 17.6 Å². The number of fused-ring (bicyclic) bond motifs is 1. The summed E-state index contributed by atoms with van der Waals surface area (Å²) >= 11 is 0. The molecule has 0 aliphatic heterocycles. The van der Waals surface area contributed by atoms with Crippen LogP contribution in [0.5, 0.6) is 0 Å². The molecular formula is C14H10N2O4. The van der Waals surface area contributed by atoms with Crippen LogP contribution in [0.25, 0.3) is 11.0 Å². The van der Waals surface area contributed by atoms with Crippen LogP contribution in [0.3, 0.4) is 0 Å². The minimum atomic E-state index is -0.623. The highest BCUT2D eigenvalue weighted by Crippen LogP contribution is 2.19. The minimum Gasteiger partial charge on any atom is -0.453 e. The van der Waals surface area contributed by atoms with E-state index in [0.717, 1.165) is 9.95 Å². The van der Waals surface area contributed by atoms with Gasteiger partial charge in [0.1, 0.15) is 5.58 Å². The van der Waals surface area contributed by atoms with E-state index in [1.54, 1.807) is 12.1 Å². The number of furan rings is 1. The van der Waals surface area contributed by atoms with Crippen LogP contribution in [0.4, 0.5) is 0 Å². The summed E-state index contributed by atoms with van der Waals surface area (Å²) < 4.78 is 6.55.